The van der Waals surface area contributed by atoms with Crippen LogP contribution in [0.5, 0.6) is 5.75 Å². The van der Waals surface area contributed by atoms with Crippen molar-refractivity contribution in [2.45, 2.75) is 13.0 Å². The molecule has 2 N–H and O–H groups in total. The molecule has 0 saturated carbocycles. The maximum Gasteiger partial charge on any atom is 0.266 e. The second-order valence-corrected chi connectivity index (χ2v) is 7.90. The molecule has 2 aromatic heterocycles. The number of nitrogens with one attached hydrogen (secondary N) is 1. The Bertz CT molecular complexity index is 1270. The van der Waals surface area contributed by atoms with Gasteiger partial charge in [-0.3, -0.25) is 4.79 Å². The van der Waals surface area contributed by atoms with Crippen LogP contribution < -0.4 is 5.56 Å². The largest absolute Gasteiger partial charge is 0.504 e. The van der Waals surface area contributed by atoms with Crippen LogP contribution in [-0.4, -0.2) is 29.1 Å². The Morgan fingerprint density at radius 3 is 2.38 bits per heavy atom. The van der Waals surface area contributed by atoms with E-state index in [9.17, 15) is 18.7 Å². The van der Waals surface area contributed by atoms with E-state index in [2.05, 4.69) is 16.8 Å². The third-order valence-electron chi connectivity index (χ3n) is 5.19. The number of aromatic amines is 1. The van der Waals surface area contributed by atoms with Crippen molar-refractivity contribution >= 4 is 44.7 Å². The summed E-state index contributed by atoms with van der Waals surface area (Å²) in [6, 6.07) is 9.17. The van der Waals surface area contributed by atoms with Crippen molar-refractivity contribution in [2.24, 2.45) is 0 Å². The highest BCUT2D eigenvalue weighted by Gasteiger charge is 2.24. The van der Waals surface area contributed by atoms with Gasteiger partial charge in [-0.1, -0.05) is 24.3 Å². The quantitative estimate of drug-likeness (QED) is 0.449. The number of hydrogen-bond donors (Lipinski definition) is 2. The highest BCUT2D eigenvalue weighted by molar-refractivity contribution is 7.17. The molecular formula is C21H19ClF2N2O2S. The molecule has 8 heteroatoms. The number of thiophene rings is 1. The second kappa shape index (κ2) is 7.74. The lowest BCUT2D eigenvalue weighted by molar-refractivity contribution is 0.321. The molecule has 1 atom stereocenters. The first kappa shape index (κ1) is 21.2. The number of hydrogen-bond acceptors (Lipinski definition) is 4. The maximum absolute atomic E-state index is 14.5. The zero-order valence-corrected chi connectivity index (χ0v) is 17.5. The predicted molar refractivity (Wildman–Crippen MR) is 116 cm³/mol. The van der Waals surface area contributed by atoms with Crippen LogP contribution >= 0.6 is 23.7 Å². The van der Waals surface area contributed by atoms with Crippen LogP contribution in [0, 0.1) is 11.6 Å². The number of phenols is 1. The molecular weight excluding hydrogens is 418 g/mol. The number of nitrogens with zero attached hydrogens (tertiary/aromatic N) is 1. The molecule has 4 nitrogen and oxygen atoms in total. The Kier molecular flexibility index (Phi) is 5.67. The van der Waals surface area contributed by atoms with Crippen LogP contribution in [0.2, 0.25) is 0 Å². The van der Waals surface area contributed by atoms with Crippen molar-refractivity contribution in [1.82, 2.24) is 9.88 Å². The van der Waals surface area contributed by atoms with Crippen molar-refractivity contribution in [3.05, 3.63) is 63.3 Å². The molecule has 1 unspecified atom stereocenters. The summed E-state index contributed by atoms with van der Waals surface area (Å²) in [7, 11) is 3.94. The van der Waals surface area contributed by atoms with Gasteiger partial charge in [-0.15, -0.1) is 23.7 Å². The second-order valence-electron chi connectivity index (χ2n) is 6.98. The van der Waals surface area contributed by atoms with Gasteiger partial charge in [-0.2, -0.15) is 4.39 Å². The molecule has 0 aliphatic rings. The van der Waals surface area contributed by atoms with E-state index < -0.39 is 22.9 Å². The average molecular weight is 437 g/mol. The Hall–Kier alpha value is -2.48. The lowest BCUT2D eigenvalue weighted by Crippen LogP contribution is -2.16. The smallest absolute Gasteiger partial charge is 0.266 e. The van der Waals surface area contributed by atoms with Crippen LogP contribution in [0.1, 0.15) is 18.5 Å². The monoisotopic (exact) mass is 436 g/mol. The Labute approximate surface area is 175 Å². The van der Waals surface area contributed by atoms with Gasteiger partial charge in [0.05, 0.1) is 5.52 Å². The highest BCUT2D eigenvalue weighted by Crippen LogP contribution is 2.43. The molecule has 0 bridgehead atoms. The molecule has 29 heavy (non-hydrogen) atoms. The van der Waals surface area contributed by atoms with E-state index in [0.717, 1.165) is 5.56 Å². The van der Waals surface area contributed by atoms with Gasteiger partial charge < -0.3 is 15.0 Å². The number of fused-ring (bicyclic) bond motifs is 3. The molecule has 0 radical (unpaired) electrons. The molecule has 4 rings (SSSR count). The Morgan fingerprint density at radius 1 is 1.10 bits per heavy atom. The Morgan fingerprint density at radius 2 is 1.76 bits per heavy atom. The standard InChI is InChI=1S/C21H18F2N2O2S.ClH/c1-10(25(2)3)11-4-6-12(7-5-11)14-15-13-8-9-28-20(13)21(27)24-18(15)16(22)17(23)19(14)26;/h4-10,26H,1-3H3,(H,24,27);1H. The third kappa shape index (κ3) is 3.29. The average Bonchev–Trinajstić information content (AvgIpc) is 3.18. The van der Waals surface area contributed by atoms with Gasteiger partial charge in [0, 0.05) is 22.4 Å². The van der Waals surface area contributed by atoms with Gasteiger partial charge in [0.15, 0.2) is 11.6 Å². The number of benzene rings is 2. The molecule has 0 spiro atoms. The summed E-state index contributed by atoms with van der Waals surface area (Å²) < 4.78 is 29.3. The van der Waals surface area contributed by atoms with Gasteiger partial charge in [0.1, 0.15) is 4.70 Å². The van der Waals surface area contributed by atoms with Crippen LogP contribution in [0.25, 0.3) is 32.1 Å². The van der Waals surface area contributed by atoms with E-state index >= 15 is 0 Å². The first-order valence-corrected chi connectivity index (χ1v) is 9.59. The summed E-state index contributed by atoms with van der Waals surface area (Å²) in [6.07, 6.45) is 0. The topological polar surface area (TPSA) is 56.3 Å². The summed E-state index contributed by atoms with van der Waals surface area (Å²) >= 11 is 1.21. The number of H-pyrrole nitrogens is 1. The minimum absolute atomic E-state index is 0. The van der Waals surface area contributed by atoms with Crippen molar-refractivity contribution in [1.29, 1.82) is 0 Å². The van der Waals surface area contributed by atoms with Crippen molar-refractivity contribution in [3.8, 4) is 16.9 Å². The summed E-state index contributed by atoms with van der Waals surface area (Å²) in [5.74, 6) is -3.41. The fourth-order valence-corrected chi connectivity index (χ4v) is 4.22. The van der Waals surface area contributed by atoms with Gasteiger partial charge in [0.2, 0.25) is 5.82 Å². The maximum atomic E-state index is 14.5. The van der Waals surface area contributed by atoms with Crippen LogP contribution in [0.3, 0.4) is 0 Å². The molecule has 0 aliphatic carbocycles. The molecule has 2 aromatic carbocycles. The zero-order chi connectivity index (χ0) is 20.2. The lowest BCUT2D eigenvalue weighted by Gasteiger charge is -2.20. The molecule has 4 aromatic rings. The minimum Gasteiger partial charge on any atom is -0.504 e. The van der Waals surface area contributed by atoms with Crippen molar-refractivity contribution < 1.29 is 13.9 Å². The summed E-state index contributed by atoms with van der Waals surface area (Å²) in [5.41, 5.74) is 1.03. The summed E-state index contributed by atoms with van der Waals surface area (Å²) in [5, 5.41) is 12.9. The van der Waals surface area contributed by atoms with E-state index in [0.29, 0.717) is 21.0 Å². The van der Waals surface area contributed by atoms with Gasteiger partial charge in [-0.05, 0) is 43.6 Å². The summed E-state index contributed by atoms with van der Waals surface area (Å²) in [6.45, 7) is 2.05. The summed E-state index contributed by atoms with van der Waals surface area (Å²) in [4.78, 5) is 16.7. The van der Waals surface area contributed by atoms with E-state index in [1.165, 1.54) is 11.3 Å². The molecule has 0 amide bonds. The van der Waals surface area contributed by atoms with Crippen LogP contribution in [0.4, 0.5) is 8.78 Å². The van der Waals surface area contributed by atoms with Crippen molar-refractivity contribution in [3.63, 3.8) is 0 Å². The number of pyridine rings is 1. The van der Waals surface area contributed by atoms with E-state index in [4.69, 9.17) is 0 Å². The number of halogens is 3. The third-order valence-corrected chi connectivity index (χ3v) is 6.11. The predicted octanol–water partition coefficient (Wildman–Crippen LogP) is 5.44. The van der Waals surface area contributed by atoms with Gasteiger partial charge in [-0.25, -0.2) is 4.39 Å². The van der Waals surface area contributed by atoms with E-state index in [1.54, 1.807) is 23.6 Å². The molecule has 0 saturated heterocycles. The molecule has 2 heterocycles. The van der Waals surface area contributed by atoms with Crippen molar-refractivity contribution in [2.75, 3.05) is 14.1 Å². The Balaban J connectivity index is 0.00000240. The minimum atomic E-state index is -1.38. The van der Waals surface area contributed by atoms with Crippen LogP contribution in [-0.2, 0) is 0 Å². The number of aromatic hydroxyl groups is 1. The SMILES string of the molecule is CC(c1ccc(-c2c(O)c(F)c(F)c3[nH]c(=O)c4sccc4c23)cc1)N(C)C.Cl. The van der Waals surface area contributed by atoms with E-state index in [-0.39, 0.29) is 29.5 Å². The fraction of sp³-hybridized carbons (Fsp3) is 0.190. The fourth-order valence-electron chi connectivity index (χ4n) is 3.42. The molecule has 152 valence electrons. The van der Waals surface area contributed by atoms with Gasteiger partial charge in [0.25, 0.3) is 5.56 Å². The van der Waals surface area contributed by atoms with Gasteiger partial charge >= 0.3 is 0 Å². The first-order valence-electron chi connectivity index (χ1n) is 8.71. The number of rotatable bonds is 3. The highest BCUT2D eigenvalue weighted by atomic mass is 35.5. The normalized spacial score (nSPS) is 12.5. The molecule has 0 fully saturated rings. The van der Waals surface area contributed by atoms with E-state index in [1.807, 2.05) is 26.2 Å². The molecule has 0 aliphatic heterocycles. The number of aromatic nitrogens is 1. The van der Waals surface area contributed by atoms with Crippen LogP contribution in [0.15, 0.2) is 40.5 Å². The zero-order valence-electron chi connectivity index (χ0n) is 15.9. The number of phenolic OH excluding ortho intramolecular Hbond substituents is 1. The lowest BCUT2D eigenvalue weighted by atomic mass is 9.95. The first-order chi connectivity index (χ1) is 13.3.